The standard InChI is InChI=1S/C14H14Cl2N2/c15-10-3-1-6-13(14(10)16)18-8-7-9-11(17)4-2-5-12(9)18/h1,3,6-8,11H,2,4-5,17H2. The lowest BCUT2D eigenvalue weighted by molar-refractivity contribution is 0.560. The maximum Gasteiger partial charge on any atom is 0.0832 e. The van der Waals surface area contributed by atoms with Crippen LogP contribution in [0.5, 0.6) is 0 Å². The third-order valence-electron chi connectivity index (χ3n) is 3.55. The van der Waals surface area contributed by atoms with E-state index in [2.05, 4.69) is 10.6 Å². The van der Waals surface area contributed by atoms with Crippen LogP contribution < -0.4 is 5.73 Å². The number of nitrogens with two attached hydrogens (primary N) is 1. The maximum atomic E-state index is 6.28. The monoisotopic (exact) mass is 280 g/mol. The van der Waals surface area contributed by atoms with Gasteiger partial charge < -0.3 is 10.3 Å². The van der Waals surface area contributed by atoms with Crippen molar-refractivity contribution < 1.29 is 0 Å². The lowest BCUT2D eigenvalue weighted by atomic mass is 9.93. The van der Waals surface area contributed by atoms with Crippen LogP contribution in [0.15, 0.2) is 30.5 Å². The highest BCUT2D eigenvalue weighted by Gasteiger charge is 2.21. The first-order valence-electron chi connectivity index (χ1n) is 6.08. The molecule has 1 unspecified atom stereocenters. The first-order chi connectivity index (χ1) is 8.68. The van der Waals surface area contributed by atoms with Gasteiger partial charge in [0.05, 0.1) is 15.7 Å². The third-order valence-corrected chi connectivity index (χ3v) is 4.36. The lowest BCUT2D eigenvalue weighted by Gasteiger charge is -2.21. The molecule has 1 aliphatic rings. The molecular formula is C14H14Cl2N2. The fraction of sp³-hybridized carbons (Fsp3) is 0.286. The smallest absolute Gasteiger partial charge is 0.0832 e. The van der Waals surface area contributed by atoms with Gasteiger partial charge in [0.1, 0.15) is 0 Å². The Labute approximate surface area is 116 Å². The molecule has 3 rings (SSSR count). The molecule has 1 aliphatic carbocycles. The molecule has 1 aromatic heterocycles. The number of nitrogens with zero attached hydrogens (tertiary/aromatic N) is 1. The van der Waals surface area contributed by atoms with Crippen molar-refractivity contribution >= 4 is 23.2 Å². The van der Waals surface area contributed by atoms with Crippen LogP contribution in [-0.2, 0) is 6.42 Å². The van der Waals surface area contributed by atoms with Crippen molar-refractivity contribution in [3.63, 3.8) is 0 Å². The second kappa shape index (κ2) is 4.61. The van der Waals surface area contributed by atoms with Crippen LogP contribution in [0.25, 0.3) is 5.69 Å². The highest BCUT2D eigenvalue weighted by molar-refractivity contribution is 6.43. The van der Waals surface area contributed by atoms with E-state index in [0.717, 1.165) is 24.9 Å². The van der Waals surface area contributed by atoms with Gasteiger partial charge in [-0.1, -0.05) is 29.3 Å². The highest BCUT2D eigenvalue weighted by atomic mass is 35.5. The van der Waals surface area contributed by atoms with Gasteiger partial charge in [-0.3, -0.25) is 0 Å². The van der Waals surface area contributed by atoms with Crippen molar-refractivity contribution in [2.75, 3.05) is 0 Å². The molecule has 0 bridgehead atoms. The zero-order valence-electron chi connectivity index (χ0n) is 9.87. The fourth-order valence-electron chi connectivity index (χ4n) is 2.63. The molecular weight excluding hydrogens is 267 g/mol. The van der Waals surface area contributed by atoms with Crippen LogP contribution >= 0.6 is 23.2 Å². The summed E-state index contributed by atoms with van der Waals surface area (Å²) in [5, 5.41) is 1.17. The lowest BCUT2D eigenvalue weighted by Crippen LogP contribution is -2.17. The third kappa shape index (κ3) is 1.85. The Bertz CT molecular complexity index is 589. The van der Waals surface area contributed by atoms with E-state index in [1.807, 2.05) is 18.3 Å². The van der Waals surface area contributed by atoms with Gasteiger partial charge in [0.15, 0.2) is 0 Å². The average Bonchev–Trinajstić information content (AvgIpc) is 2.78. The van der Waals surface area contributed by atoms with E-state index in [-0.39, 0.29) is 6.04 Å². The number of fused-ring (bicyclic) bond motifs is 1. The summed E-state index contributed by atoms with van der Waals surface area (Å²) < 4.78 is 2.11. The van der Waals surface area contributed by atoms with Crippen molar-refractivity contribution in [3.8, 4) is 5.69 Å². The number of hydrogen-bond donors (Lipinski definition) is 1. The minimum absolute atomic E-state index is 0.146. The molecule has 2 nitrogen and oxygen atoms in total. The van der Waals surface area contributed by atoms with E-state index in [1.54, 1.807) is 6.07 Å². The number of halogens is 2. The van der Waals surface area contributed by atoms with Gasteiger partial charge in [0.25, 0.3) is 0 Å². The Hall–Kier alpha value is -0.960. The summed E-state index contributed by atoms with van der Waals surface area (Å²) in [5.41, 5.74) is 9.56. The van der Waals surface area contributed by atoms with E-state index in [1.165, 1.54) is 11.3 Å². The van der Waals surface area contributed by atoms with E-state index >= 15 is 0 Å². The summed E-state index contributed by atoms with van der Waals surface area (Å²) >= 11 is 12.4. The Balaban J connectivity index is 2.16. The minimum atomic E-state index is 0.146. The van der Waals surface area contributed by atoms with Crippen LogP contribution in [-0.4, -0.2) is 4.57 Å². The molecule has 1 heterocycles. The summed E-state index contributed by atoms with van der Waals surface area (Å²) in [4.78, 5) is 0. The maximum absolute atomic E-state index is 6.28. The molecule has 1 atom stereocenters. The van der Waals surface area contributed by atoms with Gasteiger partial charge in [-0.2, -0.15) is 0 Å². The normalized spacial score (nSPS) is 18.7. The SMILES string of the molecule is NC1CCCc2c1ccn2-c1cccc(Cl)c1Cl. The number of benzene rings is 1. The predicted molar refractivity (Wildman–Crippen MR) is 75.7 cm³/mol. The average molecular weight is 281 g/mol. The second-order valence-corrected chi connectivity index (χ2v) is 5.44. The second-order valence-electron chi connectivity index (χ2n) is 4.66. The largest absolute Gasteiger partial charge is 0.324 e. The molecule has 0 spiro atoms. The van der Waals surface area contributed by atoms with Crippen LogP contribution in [0.1, 0.15) is 30.1 Å². The predicted octanol–water partition coefficient (Wildman–Crippen LogP) is 4.12. The Kier molecular flexibility index (Phi) is 3.10. The molecule has 0 radical (unpaired) electrons. The highest BCUT2D eigenvalue weighted by Crippen LogP contribution is 2.34. The molecule has 2 aromatic rings. The summed E-state index contributed by atoms with van der Waals surface area (Å²) in [6, 6.07) is 7.94. The number of hydrogen-bond acceptors (Lipinski definition) is 1. The Morgan fingerprint density at radius 2 is 2.06 bits per heavy atom. The summed E-state index contributed by atoms with van der Waals surface area (Å²) in [6.45, 7) is 0. The quantitative estimate of drug-likeness (QED) is 0.837. The Morgan fingerprint density at radius 1 is 1.22 bits per heavy atom. The first-order valence-corrected chi connectivity index (χ1v) is 6.84. The molecule has 4 heteroatoms. The molecule has 0 saturated carbocycles. The van der Waals surface area contributed by atoms with Gasteiger partial charge in [-0.05, 0) is 43.0 Å². The van der Waals surface area contributed by atoms with Crippen LogP contribution in [0.3, 0.4) is 0 Å². The molecule has 1 aromatic carbocycles. The summed E-state index contributed by atoms with van der Waals surface area (Å²) in [6.07, 6.45) is 5.25. The zero-order chi connectivity index (χ0) is 12.7. The van der Waals surface area contributed by atoms with Crippen molar-refractivity contribution in [2.45, 2.75) is 25.3 Å². The fourth-order valence-corrected chi connectivity index (χ4v) is 3.02. The van der Waals surface area contributed by atoms with Crippen LogP contribution in [0.2, 0.25) is 10.0 Å². The van der Waals surface area contributed by atoms with Gasteiger partial charge in [0.2, 0.25) is 0 Å². The van der Waals surface area contributed by atoms with Gasteiger partial charge in [0, 0.05) is 17.9 Å². The molecule has 0 fully saturated rings. The van der Waals surface area contributed by atoms with Gasteiger partial charge in [-0.25, -0.2) is 0 Å². The minimum Gasteiger partial charge on any atom is -0.324 e. The van der Waals surface area contributed by atoms with Crippen molar-refractivity contribution in [1.29, 1.82) is 0 Å². The topological polar surface area (TPSA) is 30.9 Å². The van der Waals surface area contributed by atoms with Crippen molar-refractivity contribution in [2.24, 2.45) is 5.73 Å². The van der Waals surface area contributed by atoms with Crippen LogP contribution in [0, 0.1) is 0 Å². The van der Waals surface area contributed by atoms with Gasteiger partial charge >= 0.3 is 0 Å². The van der Waals surface area contributed by atoms with E-state index in [0.29, 0.717) is 10.0 Å². The summed E-state index contributed by atoms with van der Waals surface area (Å²) in [5.74, 6) is 0. The van der Waals surface area contributed by atoms with E-state index in [9.17, 15) is 0 Å². The van der Waals surface area contributed by atoms with E-state index in [4.69, 9.17) is 28.9 Å². The molecule has 2 N–H and O–H groups in total. The molecule has 94 valence electrons. The van der Waals surface area contributed by atoms with Gasteiger partial charge in [-0.15, -0.1) is 0 Å². The summed E-state index contributed by atoms with van der Waals surface area (Å²) in [7, 11) is 0. The molecule has 0 amide bonds. The molecule has 18 heavy (non-hydrogen) atoms. The number of rotatable bonds is 1. The molecule has 0 aliphatic heterocycles. The van der Waals surface area contributed by atoms with E-state index < -0.39 is 0 Å². The van der Waals surface area contributed by atoms with Crippen molar-refractivity contribution in [3.05, 3.63) is 51.8 Å². The zero-order valence-corrected chi connectivity index (χ0v) is 11.4. The van der Waals surface area contributed by atoms with Crippen molar-refractivity contribution in [1.82, 2.24) is 4.57 Å². The first kappa shape index (κ1) is 12.1. The Morgan fingerprint density at radius 3 is 2.89 bits per heavy atom. The molecule has 0 saturated heterocycles. The number of aromatic nitrogens is 1. The van der Waals surface area contributed by atoms with Crippen LogP contribution in [0.4, 0.5) is 0 Å².